The summed E-state index contributed by atoms with van der Waals surface area (Å²) in [4.78, 5) is 28.3. The fourth-order valence-corrected chi connectivity index (χ4v) is 3.10. The number of hydrogen-bond acceptors (Lipinski definition) is 5. The molecule has 0 unspecified atom stereocenters. The second-order valence-corrected chi connectivity index (χ2v) is 6.43. The number of carbonyl (C=O) groups excluding carboxylic acids is 2. The molecule has 0 spiro atoms. The predicted octanol–water partition coefficient (Wildman–Crippen LogP) is 1.35. The zero-order chi connectivity index (χ0) is 17.6. The quantitative estimate of drug-likeness (QED) is 0.873. The van der Waals surface area contributed by atoms with E-state index in [2.05, 4.69) is 5.32 Å². The van der Waals surface area contributed by atoms with E-state index >= 15 is 0 Å². The molecule has 25 heavy (non-hydrogen) atoms. The minimum absolute atomic E-state index is 0.0226. The van der Waals surface area contributed by atoms with Crippen molar-refractivity contribution in [3.63, 3.8) is 0 Å². The highest BCUT2D eigenvalue weighted by Gasteiger charge is 2.23. The fraction of sp³-hybridized carbons (Fsp3) is 0.529. The Balaban J connectivity index is 1.68. The zero-order valence-electron chi connectivity index (χ0n) is 14.0. The molecule has 0 atom stereocenters. The van der Waals surface area contributed by atoms with E-state index in [1.165, 1.54) is 0 Å². The Morgan fingerprint density at radius 2 is 1.84 bits per heavy atom. The maximum Gasteiger partial charge on any atom is 0.410 e. The van der Waals surface area contributed by atoms with Gasteiger partial charge in [-0.05, 0) is 18.2 Å². The molecule has 2 aliphatic heterocycles. The number of piperazine rings is 1. The maximum atomic E-state index is 12.7. The highest BCUT2D eigenvalue weighted by Crippen LogP contribution is 2.20. The maximum absolute atomic E-state index is 12.7. The Morgan fingerprint density at radius 1 is 1.12 bits per heavy atom. The van der Waals surface area contributed by atoms with Gasteiger partial charge in [-0.15, -0.1) is 0 Å². The van der Waals surface area contributed by atoms with Gasteiger partial charge in [0.05, 0.1) is 13.2 Å². The molecule has 0 aliphatic carbocycles. The van der Waals surface area contributed by atoms with Crippen LogP contribution in [-0.2, 0) is 16.1 Å². The number of hydrogen-bond donors (Lipinski definition) is 1. The van der Waals surface area contributed by atoms with Crippen LogP contribution >= 0.6 is 11.6 Å². The van der Waals surface area contributed by atoms with Crippen LogP contribution in [0.15, 0.2) is 18.2 Å². The molecule has 2 aliphatic rings. The molecule has 1 aromatic carbocycles. The summed E-state index contributed by atoms with van der Waals surface area (Å²) in [6, 6.07) is 5.05. The van der Waals surface area contributed by atoms with E-state index in [1.807, 2.05) is 0 Å². The first-order chi connectivity index (χ1) is 12.1. The standard InChI is InChI=1S/C17H22ClN3O4/c18-14-1-2-15(16(22)20-7-9-24-10-8-20)13(11-14)12-25-17(23)21-5-3-19-4-6-21/h1-2,11,19H,3-10,12H2. The molecular formula is C17H22ClN3O4. The van der Waals surface area contributed by atoms with E-state index in [4.69, 9.17) is 21.1 Å². The minimum Gasteiger partial charge on any atom is -0.445 e. The molecule has 0 bridgehead atoms. The number of amides is 2. The molecule has 2 saturated heterocycles. The first-order valence-corrected chi connectivity index (χ1v) is 8.81. The number of nitrogens with one attached hydrogen (secondary N) is 1. The van der Waals surface area contributed by atoms with Gasteiger partial charge in [0.2, 0.25) is 0 Å². The van der Waals surface area contributed by atoms with Gasteiger partial charge in [-0.3, -0.25) is 4.79 Å². The van der Waals surface area contributed by atoms with Crippen molar-refractivity contribution in [2.75, 3.05) is 52.5 Å². The Labute approximate surface area is 151 Å². The van der Waals surface area contributed by atoms with Crippen molar-refractivity contribution in [2.24, 2.45) is 0 Å². The van der Waals surface area contributed by atoms with E-state index in [-0.39, 0.29) is 18.6 Å². The third-order valence-electron chi connectivity index (χ3n) is 4.32. The summed E-state index contributed by atoms with van der Waals surface area (Å²) in [7, 11) is 0. The van der Waals surface area contributed by atoms with Crippen LogP contribution < -0.4 is 5.32 Å². The van der Waals surface area contributed by atoms with Crippen molar-refractivity contribution in [1.29, 1.82) is 0 Å². The van der Waals surface area contributed by atoms with Gasteiger partial charge >= 0.3 is 6.09 Å². The fourth-order valence-electron chi connectivity index (χ4n) is 2.91. The lowest BCUT2D eigenvalue weighted by Crippen LogP contribution is -2.46. The molecule has 2 heterocycles. The lowest BCUT2D eigenvalue weighted by molar-refractivity contribution is 0.0300. The first-order valence-electron chi connectivity index (χ1n) is 8.43. The van der Waals surface area contributed by atoms with E-state index in [1.54, 1.807) is 28.0 Å². The van der Waals surface area contributed by atoms with Crippen molar-refractivity contribution in [3.8, 4) is 0 Å². The van der Waals surface area contributed by atoms with Gasteiger partial charge in [-0.2, -0.15) is 0 Å². The van der Waals surface area contributed by atoms with Crippen LogP contribution in [0.25, 0.3) is 0 Å². The Morgan fingerprint density at radius 3 is 2.56 bits per heavy atom. The van der Waals surface area contributed by atoms with Gasteiger partial charge in [0, 0.05) is 55.4 Å². The van der Waals surface area contributed by atoms with Gasteiger partial charge in [-0.1, -0.05) is 11.6 Å². The average Bonchev–Trinajstić information content (AvgIpc) is 2.67. The number of carbonyl (C=O) groups is 2. The summed E-state index contributed by atoms with van der Waals surface area (Å²) in [5, 5.41) is 3.69. The summed E-state index contributed by atoms with van der Waals surface area (Å²) in [5.74, 6) is -0.0896. The molecule has 2 amide bonds. The van der Waals surface area contributed by atoms with Crippen molar-refractivity contribution in [2.45, 2.75) is 6.61 Å². The van der Waals surface area contributed by atoms with E-state index < -0.39 is 0 Å². The summed E-state index contributed by atoms with van der Waals surface area (Å²) >= 11 is 6.07. The number of benzene rings is 1. The third kappa shape index (κ3) is 4.62. The molecule has 0 radical (unpaired) electrons. The van der Waals surface area contributed by atoms with Crippen LogP contribution in [0.4, 0.5) is 4.79 Å². The average molecular weight is 368 g/mol. The van der Waals surface area contributed by atoms with Crippen molar-refractivity contribution in [3.05, 3.63) is 34.3 Å². The molecule has 0 saturated carbocycles. The number of morpholine rings is 1. The molecule has 2 fully saturated rings. The highest BCUT2D eigenvalue weighted by atomic mass is 35.5. The van der Waals surface area contributed by atoms with Crippen LogP contribution in [0, 0.1) is 0 Å². The van der Waals surface area contributed by atoms with Gasteiger partial charge in [0.1, 0.15) is 6.61 Å². The van der Waals surface area contributed by atoms with Gasteiger partial charge in [-0.25, -0.2) is 4.79 Å². The third-order valence-corrected chi connectivity index (χ3v) is 4.56. The van der Waals surface area contributed by atoms with Crippen LogP contribution in [-0.4, -0.2) is 74.3 Å². The largest absolute Gasteiger partial charge is 0.445 e. The molecule has 1 N–H and O–H groups in total. The monoisotopic (exact) mass is 367 g/mol. The number of nitrogens with zero attached hydrogens (tertiary/aromatic N) is 2. The van der Waals surface area contributed by atoms with Crippen LogP contribution in [0.2, 0.25) is 5.02 Å². The molecule has 136 valence electrons. The van der Waals surface area contributed by atoms with E-state index in [9.17, 15) is 9.59 Å². The minimum atomic E-state index is -0.369. The van der Waals surface area contributed by atoms with Gasteiger partial charge in [0.25, 0.3) is 5.91 Å². The summed E-state index contributed by atoms with van der Waals surface area (Å²) in [6.07, 6.45) is -0.369. The molecule has 3 rings (SSSR count). The number of halogens is 1. The normalized spacial score (nSPS) is 18.1. The Hall–Kier alpha value is -1.83. The van der Waals surface area contributed by atoms with Crippen molar-refractivity contribution < 1.29 is 19.1 Å². The second kappa shape index (κ2) is 8.51. The highest BCUT2D eigenvalue weighted by molar-refractivity contribution is 6.30. The summed E-state index contributed by atoms with van der Waals surface area (Å²) < 4.78 is 10.7. The van der Waals surface area contributed by atoms with Crippen LogP contribution in [0.1, 0.15) is 15.9 Å². The molecule has 1 aromatic rings. The topological polar surface area (TPSA) is 71.1 Å². The second-order valence-electron chi connectivity index (χ2n) is 6.00. The number of ether oxygens (including phenoxy) is 2. The summed E-state index contributed by atoms with van der Waals surface area (Å²) in [5.41, 5.74) is 1.13. The van der Waals surface area contributed by atoms with E-state index in [0.29, 0.717) is 55.5 Å². The Kier molecular flexibility index (Phi) is 6.12. The zero-order valence-corrected chi connectivity index (χ0v) is 14.8. The SMILES string of the molecule is O=C(OCc1cc(Cl)ccc1C(=O)N1CCOCC1)N1CCNCC1. The molecule has 8 heteroatoms. The first kappa shape index (κ1) is 18.0. The van der Waals surface area contributed by atoms with Gasteiger partial charge in [0.15, 0.2) is 0 Å². The van der Waals surface area contributed by atoms with Crippen LogP contribution in [0.5, 0.6) is 0 Å². The predicted molar refractivity (Wildman–Crippen MR) is 92.8 cm³/mol. The lowest BCUT2D eigenvalue weighted by atomic mass is 10.1. The summed E-state index contributed by atoms with van der Waals surface area (Å²) in [6.45, 7) is 4.96. The lowest BCUT2D eigenvalue weighted by Gasteiger charge is -2.28. The van der Waals surface area contributed by atoms with E-state index in [0.717, 1.165) is 13.1 Å². The molecule has 7 nitrogen and oxygen atoms in total. The van der Waals surface area contributed by atoms with Crippen LogP contribution in [0.3, 0.4) is 0 Å². The smallest absolute Gasteiger partial charge is 0.410 e. The Bertz CT molecular complexity index is 628. The molecule has 0 aromatic heterocycles. The number of rotatable bonds is 3. The molecular weight excluding hydrogens is 346 g/mol. The van der Waals surface area contributed by atoms with Crippen molar-refractivity contribution >= 4 is 23.6 Å². The van der Waals surface area contributed by atoms with Crippen molar-refractivity contribution in [1.82, 2.24) is 15.1 Å². The van der Waals surface area contributed by atoms with Gasteiger partial charge < -0.3 is 24.6 Å².